The lowest BCUT2D eigenvalue weighted by Crippen LogP contribution is -2.70. The van der Waals surface area contributed by atoms with E-state index in [2.05, 4.69) is 36.6 Å². The molecule has 3 saturated heterocycles. The Bertz CT molecular complexity index is 1890. The highest BCUT2D eigenvalue weighted by Crippen LogP contribution is 2.39. The number of carbonyl (C=O) groups excluding carboxylic acids is 2. The van der Waals surface area contributed by atoms with Gasteiger partial charge in [0.25, 0.3) is 5.79 Å². The van der Waals surface area contributed by atoms with Gasteiger partial charge >= 0.3 is 5.97 Å². The van der Waals surface area contributed by atoms with Crippen LogP contribution >= 0.6 is 0 Å². The highest BCUT2D eigenvalue weighted by Gasteiger charge is 2.60. The van der Waals surface area contributed by atoms with Crippen molar-refractivity contribution in [3.8, 4) is 0 Å². The highest BCUT2D eigenvalue weighted by atomic mass is 16.8. The zero-order chi connectivity index (χ0) is 64.7. The first-order chi connectivity index (χ1) is 42.4. The lowest BCUT2D eigenvalue weighted by molar-refractivity contribution is -0.386. The molecule has 0 aromatic rings. The summed E-state index contributed by atoms with van der Waals surface area (Å²) in [5.74, 6) is -6.15. The Hall–Kier alpha value is -2.79. The molecule has 18 unspecified atom stereocenters. The van der Waals surface area contributed by atoms with E-state index in [1.807, 2.05) is 6.08 Å². The van der Waals surface area contributed by atoms with Crippen LogP contribution in [-0.2, 0) is 42.8 Å². The summed E-state index contributed by atoms with van der Waals surface area (Å²) < 4.78 is 34.7. The molecule has 0 saturated carbocycles. The third-order valence-electron chi connectivity index (χ3n) is 17.1. The second-order valence-corrected chi connectivity index (χ2v) is 24.7. The fraction of sp³-hybridized carbons (Fsp3) is 0.892. The molecule has 3 rings (SSSR count). The van der Waals surface area contributed by atoms with E-state index in [0.29, 0.717) is 12.8 Å². The van der Waals surface area contributed by atoms with E-state index in [-0.39, 0.29) is 12.3 Å². The van der Waals surface area contributed by atoms with Crippen LogP contribution in [0, 0.1) is 0 Å². The number of hydrogen-bond acceptors (Lipinski definition) is 20. The molecule has 0 spiro atoms. The molecule has 14 N–H and O–H groups in total. The number of allylic oxidation sites excluding steroid dienone is 3. The number of ether oxygens (including phenoxy) is 6. The summed E-state index contributed by atoms with van der Waals surface area (Å²) in [4.78, 5) is 38.5. The molecule has 0 radical (unpaired) electrons. The predicted molar refractivity (Wildman–Crippen MR) is 329 cm³/mol. The molecule has 23 nitrogen and oxygen atoms in total. The number of amides is 2. The molecule has 23 heteroatoms. The van der Waals surface area contributed by atoms with Gasteiger partial charge in [-0.15, -0.1) is 0 Å². The minimum absolute atomic E-state index is 0.196. The average molecular weight is 1260 g/mol. The zero-order valence-corrected chi connectivity index (χ0v) is 53.3. The summed E-state index contributed by atoms with van der Waals surface area (Å²) in [5, 5.41) is 136. The van der Waals surface area contributed by atoms with Gasteiger partial charge in [0.1, 0.15) is 67.1 Å². The maximum absolute atomic E-state index is 13.4. The molecule has 0 bridgehead atoms. The van der Waals surface area contributed by atoms with E-state index in [4.69, 9.17) is 28.4 Å². The Labute approximate surface area is 523 Å². The predicted octanol–water partition coefficient (Wildman–Crippen LogP) is 5.28. The van der Waals surface area contributed by atoms with Crippen LogP contribution in [0.3, 0.4) is 0 Å². The lowest BCUT2D eigenvalue weighted by Gasteiger charge is -2.50. The van der Waals surface area contributed by atoms with Crippen LogP contribution in [0.2, 0.25) is 0 Å². The first kappa shape index (κ1) is 79.4. The standard InChI is InChI=1S/C65H118N2O21/c1-4-6-8-10-12-14-16-18-20-21-22-23-24-25-27-29-31-33-35-37-39-52(75)67-46(47(72)38-36-34-32-30-28-26-19-17-15-13-11-9-7-5-2)44-83-62-57(79)56(78)59(51(43-70)85-62)86-63-58(80)61(55(77)50(42-69)84-63)88-65(64(81)82)40-48(73)53(66-45(3)71)60(87-65)54(76)49(74)41-68/h22-23,36,38,46-51,53-63,68-70,72-74,76-80H,4-21,24-35,37,39-44H2,1-3H3,(H,66,71)(H,67,75)(H,81,82)/b23-22-,38-36+. The van der Waals surface area contributed by atoms with Crippen LogP contribution in [0.5, 0.6) is 0 Å². The third-order valence-corrected chi connectivity index (χ3v) is 17.1. The molecular formula is C65H118N2O21. The van der Waals surface area contributed by atoms with E-state index < -0.39 is 155 Å². The van der Waals surface area contributed by atoms with Crippen molar-refractivity contribution in [2.45, 2.75) is 342 Å². The van der Waals surface area contributed by atoms with Crippen LogP contribution in [0.4, 0.5) is 0 Å². The Morgan fingerprint density at radius 2 is 1.07 bits per heavy atom. The van der Waals surface area contributed by atoms with Gasteiger partial charge in [-0.3, -0.25) is 9.59 Å². The first-order valence-electron chi connectivity index (χ1n) is 33.7. The van der Waals surface area contributed by atoms with Gasteiger partial charge in [-0.05, 0) is 44.9 Å². The third kappa shape index (κ3) is 29.0. The Kier molecular flexibility index (Phi) is 41.8. The van der Waals surface area contributed by atoms with Crippen molar-refractivity contribution in [3.05, 3.63) is 24.3 Å². The molecule has 3 heterocycles. The number of rotatable bonds is 50. The molecule has 0 aromatic heterocycles. The summed E-state index contributed by atoms with van der Waals surface area (Å²) in [6.07, 6.45) is 15.1. The van der Waals surface area contributed by atoms with Gasteiger partial charge in [0.05, 0.1) is 50.7 Å². The molecule has 514 valence electrons. The van der Waals surface area contributed by atoms with Gasteiger partial charge in [0.2, 0.25) is 11.8 Å². The molecule has 3 aliphatic rings. The summed E-state index contributed by atoms with van der Waals surface area (Å²) in [6.45, 7) is 2.12. The Balaban J connectivity index is 1.61. The quantitative estimate of drug-likeness (QED) is 0.0272. The molecule has 88 heavy (non-hydrogen) atoms. The van der Waals surface area contributed by atoms with Gasteiger partial charge in [-0.1, -0.05) is 192 Å². The van der Waals surface area contributed by atoms with Crippen molar-refractivity contribution in [2.75, 3.05) is 26.4 Å². The largest absolute Gasteiger partial charge is 0.477 e. The van der Waals surface area contributed by atoms with Crippen molar-refractivity contribution in [1.82, 2.24) is 10.6 Å². The van der Waals surface area contributed by atoms with Crippen molar-refractivity contribution < 1.29 is 104 Å². The normalized spacial score (nSPS) is 29.1. The maximum Gasteiger partial charge on any atom is 0.364 e. The molecule has 3 fully saturated rings. The number of aliphatic hydroxyl groups excluding tert-OH is 11. The summed E-state index contributed by atoms with van der Waals surface area (Å²) in [5.41, 5.74) is 0. The van der Waals surface area contributed by atoms with Crippen LogP contribution in [-0.4, -0.2) is 215 Å². The summed E-state index contributed by atoms with van der Waals surface area (Å²) >= 11 is 0. The van der Waals surface area contributed by atoms with Crippen molar-refractivity contribution >= 4 is 17.8 Å². The molecule has 3 aliphatic heterocycles. The van der Waals surface area contributed by atoms with Crippen molar-refractivity contribution in [2.24, 2.45) is 0 Å². The molecule has 2 amide bonds. The summed E-state index contributed by atoms with van der Waals surface area (Å²) in [7, 11) is 0. The van der Waals surface area contributed by atoms with Gasteiger partial charge in [-0.25, -0.2) is 4.79 Å². The number of unbranched alkanes of at least 4 members (excludes halogenated alkanes) is 28. The number of carbonyl (C=O) groups is 3. The molecule has 0 aromatic carbocycles. The number of nitrogens with one attached hydrogen (secondary N) is 2. The maximum atomic E-state index is 13.4. The molecular weight excluding hydrogens is 1140 g/mol. The molecule has 18 atom stereocenters. The van der Waals surface area contributed by atoms with E-state index in [9.17, 15) is 75.7 Å². The van der Waals surface area contributed by atoms with Crippen molar-refractivity contribution in [1.29, 1.82) is 0 Å². The number of carboxylic acid groups (broad SMARTS) is 1. The van der Waals surface area contributed by atoms with Crippen LogP contribution in [0.15, 0.2) is 24.3 Å². The second-order valence-electron chi connectivity index (χ2n) is 24.7. The number of aliphatic hydroxyl groups is 11. The lowest BCUT2D eigenvalue weighted by atomic mass is 9.88. The van der Waals surface area contributed by atoms with Gasteiger partial charge in [-0.2, -0.15) is 0 Å². The SMILES string of the molecule is CCCCCCCCCCC/C=C\CCCCCCCCCC(=O)NC(COC1OC(CO)C(OC2OC(CO)C(O)C(OC3(C(=O)O)CC(O)C(NC(C)=O)C(C(O)C(O)CO)O3)C2O)C(O)C1O)C(O)/C=C/CCCCCCCCCCCCCC. The first-order valence-corrected chi connectivity index (χ1v) is 33.7. The fourth-order valence-electron chi connectivity index (χ4n) is 11.7. The van der Waals surface area contributed by atoms with Crippen LogP contribution in [0.1, 0.15) is 233 Å². The zero-order valence-electron chi connectivity index (χ0n) is 53.3. The van der Waals surface area contributed by atoms with Crippen molar-refractivity contribution in [3.63, 3.8) is 0 Å². The highest BCUT2D eigenvalue weighted by molar-refractivity contribution is 5.77. The average Bonchev–Trinajstić information content (AvgIpc) is 0.944. The van der Waals surface area contributed by atoms with E-state index in [1.54, 1.807) is 6.08 Å². The topological polar surface area (TPSA) is 373 Å². The van der Waals surface area contributed by atoms with Gasteiger partial charge < -0.3 is 100 Å². The van der Waals surface area contributed by atoms with E-state index in [0.717, 1.165) is 77.6 Å². The number of hydrogen-bond donors (Lipinski definition) is 14. The molecule has 0 aliphatic carbocycles. The summed E-state index contributed by atoms with van der Waals surface area (Å²) in [6, 6.07) is -2.62. The fourth-order valence-corrected chi connectivity index (χ4v) is 11.7. The monoisotopic (exact) mass is 1260 g/mol. The van der Waals surface area contributed by atoms with E-state index >= 15 is 0 Å². The van der Waals surface area contributed by atoms with Gasteiger partial charge in [0.15, 0.2) is 12.6 Å². The number of aliphatic carboxylic acids is 1. The minimum Gasteiger partial charge on any atom is -0.477 e. The minimum atomic E-state index is -3.08. The van der Waals surface area contributed by atoms with Gasteiger partial charge in [0, 0.05) is 19.8 Å². The van der Waals surface area contributed by atoms with Crippen LogP contribution < -0.4 is 10.6 Å². The Morgan fingerprint density at radius 1 is 0.591 bits per heavy atom. The smallest absolute Gasteiger partial charge is 0.364 e. The number of carboxylic acids is 1. The second kappa shape index (κ2) is 46.3. The van der Waals surface area contributed by atoms with Crippen LogP contribution in [0.25, 0.3) is 0 Å². The Morgan fingerprint density at radius 3 is 1.55 bits per heavy atom. The van der Waals surface area contributed by atoms with E-state index in [1.165, 1.54) is 116 Å².